The van der Waals surface area contributed by atoms with Crippen LogP contribution in [0.25, 0.3) is 0 Å². The Bertz CT molecular complexity index is 1010. The zero-order valence-electron chi connectivity index (χ0n) is 15.0. The van der Waals surface area contributed by atoms with Crippen molar-refractivity contribution < 1.29 is 19.1 Å². The molecule has 0 fully saturated rings. The Morgan fingerprint density at radius 3 is 2.34 bits per heavy atom. The molecular weight excluding hydrogens is 458 g/mol. The van der Waals surface area contributed by atoms with Gasteiger partial charge in [0.25, 0.3) is 17.7 Å². The van der Waals surface area contributed by atoms with Crippen LogP contribution in [0.1, 0.15) is 20.0 Å². The van der Waals surface area contributed by atoms with Gasteiger partial charge in [-0.05, 0) is 47.8 Å². The average molecular weight is 474 g/mol. The highest BCUT2D eigenvalue weighted by atomic mass is 79.9. The maximum Gasteiger partial charge on any atom is 0.279 e. The number of anilines is 1. The smallest absolute Gasteiger partial charge is 0.279 e. The van der Waals surface area contributed by atoms with Crippen LogP contribution in [0.4, 0.5) is 5.69 Å². The second-order valence-corrected chi connectivity index (χ2v) is 7.59. The van der Waals surface area contributed by atoms with Crippen LogP contribution in [0, 0.1) is 0 Å². The summed E-state index contributed by atoms with van der Waals surface area (Å²) in [4.78, 5) is 36.9. The third kappa shape index (κ3) is 5.90. The van der Waals surface area contributed by atoms with Gasteiger partial charge in [0.2, 0.25) is 0 Å². The standard InChI is InChI=1S/C20H16BrN3O4S/c21-13-7-9-14(10-8-13)22-18(25)12-28-16-5-2-1-4-15(16)19(26)23-24-20(27)17-6-3-11-29-17/h1-11H,12H2,(H,22,25)(H,23,26)(H,24,27). The fraction of sp³-hybridized carbons (Fsp3) is 0.0500. The van der Waals surface area contributed by atoms with Crippen LogP contribution in [0.15, 0.2) is 70.5 Å². The van der Waals surface area contributed by atoms with Gasteiger partial charge in [0.1, 0.15) is 5.75 Å². The first-order valence-corrected chi connectivity index (χ1v) is 10.1. The summed E-state index contributed by atoms with van der Waals surface area (Å²) in [6.07, 6.45) is 0. The molecular formula is C20H16BrN3O4S. The Morgan fingerprint density at radius 2 is 1.62 bits per heavy atom. The monoisotopic (exact) mass is 473 g/mol. The Balaban J connectivity index is 1.56. The largest absolute Gasteiger partial charge is 0.483 e. The van der Waals surface area contributed by atoms with Gasteiger partial charge >= 0.3 is 0 Å². The van der Waals surface area contributed by atoms with Gasteiger partial charge in [-0.25, -0.2) is 0 Å². The lowest BCUT2D eigenvalue weighted by Crippen LogP contribution is -2.41. The van der Waals surface area contributed by atoms with Crippen LogP contribution < -0.4 is 20.9 Å². The van der Waals surface area contributed by atoms with Crippen LogP contribution >= 0.6 is 27.3 Å². The molecule has 9 heteroatoms. The summed E-state index contributed by atoms with van der Waals surface area (Å²) in [6, 6.07) is 16.9. The summed E-state index contributed by atoms with van der Waals surface area (Å²) in [5.74, 6) is -1.12. The molecule has 0 aliphatic heterocycles. The lowest BCUT2D eigenvalue weighted by molar-refractivity contribution is -0.118. The molecule has 3 rings (SSSR count). The quantitative estimate of drug-likeness (QED) is 0.476. The number of ether oxygens (including phenoxy) is 1. The lowest BCUT2D eigenvalue weighted by Gasteiger charge is -2.12. The van der Waals surface area contributed by atoms with E-state index < -0.39 is 11.8 Å². The molecule has 3 amide bonds. The first-order valence-electron chi connectivity index (χ1n) is 8.44. The van der Waals surface area contributed by atoms with Crippen molar-refractivity contribution >= 4 is 50.7 Å². The molecule has 3 N–H and O–H groups in total. The average Bonchev–Trinajstić information content (AvgIpc) is 3.27. The Labute approximate surface area is 179 Å². The zero-order valence-corrected chi connectivity index (χ0v) is 17.4. The highest BCUT2D eigenvalue weighted by Crippen LogP contribution is 2.18. The van der Waals surface area contributed by atoms with Crippen molar-refractivity contribution in [1.29, 1.82) is 0 Å². The van der Waals surface area contributed by atoms with E-state index in [1.807, 2.05) is 0 Å². The van der Waals surface area contributed by atoms with Gasteiger partial charge in [-0.1, -0.05) is 34.1 Å². The van der Waals surface area contributed by atoms with Crippen LogP contribution in [-0.2, 0) is 4.79 Å². The number of benzene rings is 2. The van der Waals surface area contributed by atoms with Crippen LogP contribution in [-0.4, -0.2) is 24.3 Å². The fourth-order valence-electron chi connectivity index (χ4n) is 2.30. The van der Waals surface area contributed by atoms with Crippen molar-refractivity contribution in [2.45, 2.75) is 0 Å². The lowest BCUT2D eigenvalue weighted by atomic mass is 10.2. The SMILES string of the molecule is O=C(COc1ccccc1C(=O)NNC(=O)c1cccs1)Nc1ccc(Br)cc1. The number of rotatable bonds is 6. The van der Waals surface area contributed by atoms with E-state index in [-0.39, 0.29) is 23.8 Å². The number of hydrogen-bond acceptors (Lipinski definition) is 5. The van der Waals surface area contributed by atoms with E-state index in [0.29, 0.717) is 10.6 Å². The van der Waals surface area contributed by atoms with Crippen molar-refractivity contribution in [3.05, 3.63) is 81.0 Å². The molecule has 1 heterocycles. The van der Waals surface area contributed by atoms with Crippen molar-refractivity contribution in [3.63, 3.8) is 0 Å². The Hall–Kier alpha value is -3.17. The van der Waals surface area contributed by atoms with Crippen molar-refractivity contribution in [1.82, 2.24) is 10.9 Å². The van der Waals surface area contributed by atoms with Gasteiger partial charge in [-0.2, -0.15) is 0 Å². The van der Waals surface area contributed by atoms with E-state index in [4.69, 9.17) is 4.74 Å². The van der Waals surface area contributed by atoms with Crippen LogP contribution in [0.2, 0.25) is 0 Å². The molecule has 2 aromatic carbocycles. The number of halogens is 1. The minimum absolute atomic E-state index is 0.190. The molecule has 0 atom stereocenters. The highest BCUT2D eigenvalue weighted by molar-refractivity contribution is 9.10. The third-order valence-electron chi connectivity index (χ3n) is 3.65. The number of thiophene rings is 1. The van der Waals surface area contributed by atoms with E-state index in [0.717, 1.165) is 4.47 Å². The number of carbonyl (C=O) groups is 3. The summed E-state index contributed by atoms with van der Waals surface area (Å²) in [5.41, 5.74) is 5.51. The molecule has 148 valence electrons. The van der Waals surface area contributed by atoms with E-state index in [1.54, 1.807) is 60.0 Å². The number of nitrogens with one attached hydrogen (secondary N) is 3. The topological polar surface area (TPSA) is 96.5 Å². The summed E-state index contributed by atoms with van der Waals surface area (Å²) in [6.45, 7) is -0.276. The van der Waals surface area contributed by atoms with Crippen LogP contribution in [0.5, 0.6) is 5.75 Å². The minimum atomic E-state index is -0.557. The van der Waals surface area contributed by atoms with Gasteiger partial charge in [-0.15, -0.1) is 11.3 Å². The van der Waals surface area contributed by atoms with Crippen LogP contribution in [0.3, 0.4) is 0 Å². The van der Waals surface area contributed by atoms with Gasteiger partial charge in [0.15, 0.2) is 6.61 Å². The van der Waals surface area contributed by atoms with E-state index >= 15 is 0 Å². The number of amides is 3. The van der Waals surface area contributed by atoms with Gasteiger partial charge in [0.05, 0.1) is 10.4 Å². The molecule has 29 heavy (non-hydrogen) atoms. The molecule has 3 aromatic rings. The molecule has 0 aliphatic rings. The summed E-state index contributed by atoms with van der Waals surface area (Å²) >= 11 is 4.59. The van der Waals surface area contributed by atoms with E-state index in [9.17, 15) is 14.4 Å². The maximum absolute atomic E-state index is 12.4. The zero-order chi connectivity index (χ0) is 20.6. The molecule has 0 saturated heterocycles. The summed E-state index contributed by atoms with van der Waals surface area (Å²) < 4.78 is 6.40. The summed E-state index contributed by atoms with van der Waals surface area (Å²) in [7, 11) is 0. The Kier molecular flexibility index (Phi) is 6.99. The number of para-hydroxylation sites is 1. The predicted octanol–water partition coefficient (Wildman–Crippen LogP) is 3.60. The molecule has 0 saturated carbocycles. The number of hydrogen-bond donors (Lipinski definition) is 3. The van der Waals surface area contributed by atoms with Gasteiger partial charge < -0.3 is 10.1 Å². The molecule has 0 aliphatic carbocycles. The normalized spacial score (nSPS) is 10.1. The van der Waals surface area contributed by atoms with Crippen molar-refractivity contribution in [2.75, 3.05) is 11.9 Å². The highest BCUT2D eigenvalue weighted by Gasteiger charge is 2.15. The van der Waals surface area contributed by atoms with E-state index in [1.165, 1.54) is 17.4 Å². The third-order valence-corrected chi connectivity index (χ3v) is 5.05. The molecule has 7 nitrogen and oxygen atoms in total. The van der Waals surface area contributed by atoms with Crippen molar-refractivity contribution in [2.24, 2.45) is 0 Å². The van der Waals surface area contributed by atoms with Crippen molar-refractivity contribution in [3.8, 4) is 5.75 Å². The number of hydrazine groups is 1. The second kappa shape index (κ2) is 9.85. The summed E-state index contributed by atoms with van der Waals surface area (Å²) in [5, 5.41) is 4.47. The minimum Gasteiger partial charge on any atom is -0.483 e. The molecule has 1 aromatic heterocycles. The maximum atomic E-state index is 12.4. The molecule has 0 spiro atoms. The molecule has 0 unspecified atom stereocenters. The first kappa shape index (κ1) is 20.6. The van der Waals surface area contributed by atoms with Gasteiger partial charge in [0, 0.05) is 10.2 Å². The number of carbonyl (C=O) groups excluding carboxylic acids is 3. The van der Waals surface area contributed by atoms with Gasteiger partial charge in [-0.3, -0.25) is 25.2 Å². The fourth-order valence-corrected chi connectivity index (χ4v) is 3.19. The first-order chi connectivity index (χ1) is 14.0. The molecule has 0 radical (unpaired) electrons. The van der Waals surface area contributed by atoms with E-state index in [2.05, 4.69) is 32.1 Å². The predicted molar refractivity (Wildman–Crippen MR) is 114 cm³/mol. The second-order valence-electron chi connectivity index (χ2n) is 5.73. The Morgan fingerprint density at radius 1 is 0.897 bits per heavy atom. The molecule has 0 bridgehead atoms.